The van der Waals surface area contributed by atoms with Gasteiger partial charge in [0.05, 0.1) is 17.2 Å². The standard InChI is InChI=1S/C15H21N3O/c1-11-2-6-15(10-16,7-3-11)18-14-12-5-9-19-13(12)4-8-17-14/h4-5,8-9,11H,2-3,6-7,10,16H2,1H3,(H,17,18). The van der Waals surface area contributed by atoms with E-state index in [2.05, 4.69) is 17.2 Å². The van der Waals surface area contributed by atoms with Gasteiger partial charge in [0.25, 0.3) is 0 Å². The molecule has 102 valence electrons. The summed E-state index contributed by atoms with van der Waals surface area (Å²) in [6.45, 7) is 2.96. The number of nitrogens with one attached hydrogen (secondary N) is 1. The Morgan fingerprint density at radius 1 is 1.42 bits per heavy atom. The van der Waals surface area contributed by atoms with E-state index in [9.17, 15) is 0 Å². The summed E-state index contributed by atoms with van der Waals surface area (Å²) in [5.41, 5.74) is 6.90. The first-order valence-electron chi connectivity index (χ1n) is 7.03. The molecule has 4 heteroatoms. The summed E-state index contributed by atoms with van der Waals surface area (Å²) >= 11 is 0. The minimum absolute atomic E-state index is 0.00887. The Hall–Kier alpha value is -1.55. The highest BCUT2D eigenvalue weighted by Gasteiger charge is 2.33. The highest BCUT2D eigenvalue weighted by Crippen LogP contribution is 2.35. The minimum atomic E-state index is -0.00887. The van der Waals surface area contributed by atoms with Crippen molar-refractivity contribution in [1.29, 1.82) is 0 Å². The Morgan fingerprint density at radius 3 is 2.95 bits per heavy atom. The first kappa shape index (κ1) is 12.5. The molecule has 1 saturated carbocycles. The number of aromatic nitrogens is 1. The molecule has 3 N–H and O–H groups in total. The Morgan fingerprint density at radius 2 is 2.21 bits per heavy atom. The summed E-state index contributed by atoms with van der Waals surface area (Å²) in [5, 5.41) is 4.63. The Bertz CT molecular complexity index is 555. The Labute approximate surface area is 113 Å². The second kappa shape index (κ2) is 4.85. The zero-order valence-electron chi connectivity index (χ0n) is 11.4. The van der Waals surface area contributed by atoms with Gasteiger partial charge in [0.15, 0.2) is 0 Å². The third kappa shape index (κ3) is 2.32. The summed E-state index contributed by atoms with van der Waals surface area (Å²) in [6.07, 6.45) is 8.16. The fourth-order valence-corrected chi connectivity index (χ4v) is 2.94. The smallest absolute Gasteiger partial charge is 0.139 e. The molecular formula is C15H21N3O. The molecule has 0 unspecified atom stereocenters. The average Bonchev–Trinajstić information content (AvgIpc) is 2.91. The lowest BCUT2D eigenvalue weighted by Gasteiger charge is -2.39. The molecule has 3 rings (SSSR count). The number of furan rings is 1. The minimum Gasteiger partial charge on any atom is -0.464 e. The maximum atomic E-state index is 6.04. The van der Waals surface area contributed by atoms with Crippen LogP contribution in [0.15, 0.2) is 29.0 Å². The van der Waals surface area contributed by atoms with E-state index in [0.717, 1.165) is 35.5 Å². The molecular weight excluding hydrogens is 238 g/mol. The number of hydrogen-bond acceptors (Lipinski definition) is 4. The Kier molecular flexibility index (Phi) is 3.19. The third-order valence-corrected chi connectivity index (χ3v) is 4.39. The molecule has 0 aromatic carbocycles. The van der Waals surface area contributed by atoms with Crippen molar-refractivity contribution in [3.63, 3.8) is 0 Å². The zero-order valence-corrected chi connectivity index (χ0v) is 11.4. The molecule has 0 aliphatic heterocycles. The fourth-order valence-electron chi connectivity index (χ4n) is 2.94. The third-order valence-electron chi connectivity index (χ3n) is 4.39. The molecule has 0 bridgehead atoms. The molecule has 2 aromatic rings. The van der Waals surface area contributed by atoms with E-state index in [-0.39, 0.29) is 5.54 Å². The van der Waals surface area contributed by atoms with Crippen LogP contribution in [0.3, 0.4) is 0 Å². The second-order valence-electron chi connectivity index (χ2n) is 5.78. The molecule has 1 aliphatic carbocycles. The van der Waals surface area contributed by atoms with Crippen LogP contribution in [0.4, 0.5) is 5.82 Å². The summed E-state index contributed by atoms with van der Waals surface area (Å²) in [7, 11) is 0. The lowest BCUT2D eigenvalue weighted by atomic mass is 9.77. The van der Waals surface area contributed by atoms with E-state index in [1.807, 2.05) is 12.1 Å². The molecule has 2 heterocycles. The fraction of sp³-hybridized carbons (Fsp3) is 0.533. The van der Waals surface area contributed by atoms with E-state index in [1.54, 1.807) is 12.5 Å². The van der Waals surface area contributed by atoms with E-state index in [4.69, 9.17) is 10.2 Å². The average molecular weight is 259 g/mol. The predicted molar refractivity (Wildman–Crippen MR) is 77.0 cm³/mol. The maximum absolute atomic E-state index is 6.04. The van der Waals surface area contributed by atoms with Gasteiger partial charge in [-0.2, -0.15) is 0 Å². The normalized spacial score (nSPS) is 27.6. The van der Waals surface area contributed by atoms with Crippen LogP contribution in [0.2, 0.25) is 0 Å². The van der Waals surface area contributed by atoms with Crippen LogP contribution in [0.1, 0.15) is 32.6 Å². The van der Waals surface area contributed by atoms with Crippen LogP contribution in [0.25, 0.3) is 11.0 Å². The first-order valence-corrected chi connectivity index (χ1v) is 7.03. The summed E-state index contributed by atoms with van der Waals surface area (Å²) in [5.74, 6) is 1.70. The molecule has 19 heavy (non-hydrogen) atoms. The van der Waals surface area contributed by atoms with Crippen molar-refractivity contribution in [3.05, 3.63) is 24.6 Å². The van der Waals surface area contributed by atoms with Crippen LogP contribution in [-0.2, 0) is 0 Å². The molecule has 1 fully saturated rings. The molecule has 1 aliphatic rings. The number of anilines is 1. The van der Waals surface area contributed by atoms with Crippen LogP contribution < -0.4 is 11.1 Å². The number of pyridine rings is 1. The van der Waals surface area contributed by atoms with E-state index in [0.29, 0.717) is 6.54 Å². The lowest BCUT2D eigenvalue weighted by molar-refractivity contribution is 0.271. The first-order chi connectivity index (χ1) is 9.22. The number of rotatable bonds is 3. The molecule has 0 radical (unpaired) electrons. The topological polar surface area (TPSA) is 64.1 Å². The van der Waals surface area contributed by atoms with Gasteiger partial charge in [0, 0.05) is 12.7 Å². The maximum Gasteiger partial charge on any atom is 0.139 e. The van der Waals surface area contributed by atoms with Gasteiger partial charge in [-0.25, -0.2) is 4.98 Å². The van der Waals surface area contributed by atoms with Crippen molar-refractivity contribution in [3.8, 4) is 0 Å². The van der Waals surface area contributed by atoms with Crippen molar-refractivity contribution in [2.45, 2.75) is 38.1 Å². The molecule has 0 atom stereocenters. The van der Waals surface area contributed by atoms with Crippen LogP contribution >= 0.6 is 0 Å². The van der Waals surface area contributed by atoms with E-state index < -0.39 is 0 Å². The van der Waals surface area contributed by atoms with Crippen molar-refractivity contribution in [2.75, 3.05) is 11.9 Å². The Balaban J connectivity index is 1.88. The molecule has 0 spiro atoms. The predicted octanol–water partition coefficient (Wildman–Crippen LogP) is 3.15. The van der Waals surface area contributed by atoms with Crippen molar-refractivity contribution >= 4 is 16.8 Å². The van der Waals surface area contributed by atoms with Crippen molar-refractivity contribution in [1.82, 2.24) is 4.98 Å². The molecule has 0 saturated heterocycles. The van der Waals surface area contributed by atoms with Crippen molar-refractivity contribution in [2.24, 2.45) is 11.7 Å². The van der Waals surface area contributed by atoms with Gasteiger partial charge < -0.3 is 15.5 Å². The molecule has 2 aromatic heterocycles. The van der Waals surface area contributed by atoms with Gasteiger partial charge in [0.2, 0.25) is 0 Å². The van der Waals surface area contributed by atoms with E-state index in [1.165, 1.54) is 12.8 Å². The number of hydrogen-bond donors (Lipinski definition) is 2. The van der Waals surface area contributed by atoms with Gasteiger partial charge in [0.1, 0.15) is 11.4 Å². The number of fused-ring (bicyclic) bond motifs is 1. The van der Waals surface area contributed by atoms with Gasteiger partial charge in [-0.05, 0) is 43.7 Å². The van der Waals surface area contributed by atoms with E-state index >= 15 is 0 Å². The van der Waals surface area contributed by atoms with Crippen molar-refractivity contribution < 1.29 is 4.42 Å². The van der Waals surface area contributed by atoms with Gasteiger partial charge >= 0.3 is 0 Å². The van der Waals surface area contributed by atoms with Crippen LogP contribution in [0.5, 0.6) is 0 Å². The number of nitrogens with zero attached hydrogens (tertiary/aromatic N) is 1. The summed E-state index contributed by atoms with van der Waals surface area (Å²) in [6, 6.07) is 3.85. The largest absolute Gasteiger partial charge is 0.464 e. The summed E-state index contributed by atoms with van der Waals surface area (Å²) in [4.78, 5) is 4.46. The van der Waals surface area contributed by atoms with Gasteiger partial charge in [-0.15, -0.1) is 0 Å². The van der Waals surface area contributed by atoms with Crippen LogP contribution in [-0.4, -0.2) is 17.1 Å². The second-order valence-corrected chi connectivity index (χ2v) is 5.78. The highest BCUT2D eigenvalue weighted by molar-refractivity contribution is 5.88. The SMILES string of the molecule is CC1CCC(CN)(Nc2nccc3occc23)CC1. The monoisotopic (exact) mass is 259 g/mol. The highest BCUT2D eigenvalue weighted by atomic mass is 16.3. The summed E-state index contributed by atoms with van der Waals surface area (Å²) < 4.78 is 5.42. The quantitative estimate of drug-likeness (QED) is 0.888. The zero-order chi connectivity index (χ0) is 13.3. The molecule has 0 amide bonds. The van der Waals surface area contributed by atoms with Gasteiger partial charge in [-0.1, -0.05) is 6.92 Å². The van der Waals surface area contributed by atoms with Crippen LogP contribution in [0, 0.1) is 5.92 Å². The number of nitrogens with two attached hydrogens (primary N) is 1. The molecule has 4 nitrogen and oxygen atoms in total. The lowest BCUT2D eigenvalue weighted by Crippen LogP contribution is -2.48. The van der Waals surface area contributed by atoms with Gasteiger partial charge in [-0.3, -0.25) is 0 Å².